The van der Waals surface area contributed by atoms with Crippen molar-refractivity contribution in [3.63, 3.8) is 0 Å². The second-order valence-electron chi connectivity index (χ2n) is 5.44. The Hall–Kier alpha value is -0.620. The van der Waals surface area contributed by atoms with Crippen molar-refractivity contribution < 1.29 is 22.5 Å². The van der Waals surface area contributed by atoms with Crippen LogP contribution in [0.2, 0.25) is 0 Å². The van der Waals surface area contributed by atoms with Gasteiger partial charge in [0.15, 0.2) is 0 Å². The largest absolute Gasteiger partial charge is 0.465 e. The summed E-state index contributed by atoms with van der Waals surface area (Å²) in [4.78, 5) is 11.8. The molecule has 0 spiro atoms. The fourth-order valence-electron chi connectivity index (χ4n) is 3.20. The Morgan fingerprint density at radius 3 is 2.56 bits per heavy atom. The third-order valence-corrected chi connectivity index (χ3v) is 4.89. The molecule has 0 heterocycles. The van der Waals surface area contributed by atoms with Crippen LogP contribution in [0.4, 0.5) is 0 Å². The third kappa shape index (κ3) is 3.68. The first-order valence-corrected chi connectivity index (χ1v) is 8.18. The molecular weight excluding hydrogens is 256 g/mol. The van der Waals surface area contributed by atoms with E-state index in [1.54, 1.807) is 0 Å². The molecule has 18 heavy (non-hydrogen) atoms. The van der Waals surface area contributed by atoms with Gasteiger partial charge in [-0.1, -0.05) is 6.42 Å². The van der Waals surface area contributed by atoms with Gasteiger partial charge < -0.3 is 4.74 Å². The zero-order valence-corrected chi connectivity index (χ0v) is 11.2. The molecule has 0 amide bonds. The van der Waals surface area contributed by atoms with E-state index in [2.05, 4.69) is 0 Å². The van der Waals surface area contributed by atoms with Crippen LogP contribution in [0.15, 0.2) is 0 Å². The highest BCUT2D eigenvalue weighted by Crippen LogP contribution is 2.48. The van der Waals surface area contributed by atoms with Crippen LogP contribution in [0.5, 0.6) is 0 Å². The van der Waals surface area contributed by atoms with E-state index in [0.29, 0.717) is 24.7 Å². The molecule has 3 unspecified atom stereocenters. The number of esters is 1. The average molecular weight is 276 g/mol. The molecule has 0 radical (unpaired) electrons. The summed E-state index contributed by atoms with van der Waals surface area (Å²) in [5.74, 6) is 0.922. The van der Waals surface area contributed by atoms with Gasteiger partial charge in [-0.3, -0.25) is 9.35 Å². The van der Waals surface area contributed by atoms with Crippen molar-refractivity contribution in [2.24, 2.45) is 17.8 Å². The summed E-state index contributed by atoms with van der Waals surface area (Å²) in [6.07, 6.45) is 5.34. The quantitative estimate of drug-likeness (QED) is 0.453. The minimum Gasteiger partial charge on any atom is -0.465 e. The molecule has 0 aromatic carbocycles. The van der Waals surface area contributed by atoms with E-state index in [9.17, 15) is 13.2 Å². The van der Waals surface area contributed by atoms with Gasteiger partial charge in [0, 0.05) is 0 Å². The number of fused-ring (bicyclic) bond motifs is 2. The fraction of sp³-hybridized carbons (Fsp3) is 0.917. The Morgan fingerprint density at radius 1 is 1.22 bits per heavy atom. The number of carbonyl (C=O) groups excluding carboxylic acids is 1. The molecule has 5 nitrogen and oxygen atoms in total. The number of hydrogen-bond donors (Lipinski definition) is 1. The number of carbonyl (C=O) groups is 1. The number of hydrogen-bond acceptors (Lipinski definition) is 4. The molecule has 2 fully saturated rings. The van der Waals surface area contributed by atoms with Crippen molar-refractivity contribution in [2.75, 3.05) is 12.4 Å². The molecule has 3 atom stereocenters. The van der Waals surface area contributed by atoms with E-state index < -0.39 is 10.1 Å². The summed E-state index contributed by atoms with van der Waals surface area (Å²) in [5, 5.41) is 0. The van der Waals surface area contributed by atoms with Gasteiger partial charge in [-0.05, 0) is 43.9 Å². The topological polar surface area (TPSA) is 80.7 Å². The van der Waals surface area contributed by atoms with Gasteiger partial charge in [0.25, 0.3) is 10.1 Å². The van der Waals surface area contributed by atoms with Crippen molar-refractivity contribution in [3.8, 4) is 0 Å². The first kappa shape index (κ1) is 13.8. The molecule has 1 N–H and O–H groups in total. The molecule has 2 saturated carbocycles. The summed E-state index contributed by atoms with van der Waals surface area (Å²) < 4.78 is 34.7. The molecule has 0 aliphatic heterocycles. The smallest absolute Gasteiger partial charge is 0.309 e. The monoisotopic (exact) mass is 276 g/mol. The predicted octanol–water partition coefficient (Wildman–Crippen LogP) is 1.63. The predicted molar refractivity (Wildman–Crippen MR) is 65.5 cm³/mol. The van der Waals surface area contributed by atoms with Crippen molar-refractivity contribution in [2.45, 2.75) is 38.5 Å². The summed E-state index contributed by atoms with van der Waals surface area (Å²) in [7, 11) is -3.89. The zero-order chi connectivity index (χ0) is 13.2. The van der Waals surface area contributed by atoms with Gasteiger partial charge >= 0.3 is 5.97 Å². The third-order valence-electron chi connectivity index (χ3n) is 4.08. The second-order valence-corrected chi connectivity index (χ2v) is 7.01. The van der Waals surface area contributed by atoms with E-state index in [-0.39, 0.29) is 24.2 Å². The number of ether oxygens (including phenoxy) is 1. The minimum absolute atomic E-state index is 0.0744. The Kier molecular flexibility index (Phi) is 4.27. The van der Waals surface area contributed by atoms with Crippen LogP contribution >= 0.6 is 0 Å². The maximum Gasteiger partial charge on any atom is 0.309 e. The van der Waals surface area contributed by atoms with Crippen molar-refractivity contribution in [1.82, 2.24) is 0 Å². The van der Waals surface area contributed by atoms with Gasteiger partial charge in [0.1, 0.15) is 0 Å². The van der Waals surface area contributed by atoms with Crippen molar-refractivity contribution in [1.29, 1.82) is 0 Å². The van der Waals surface area contributed by atoms with Crippen LogP contribution in [0.25, 0.3) is 0 Å². The Bertz CT molecular complexity index is 403. The molecule has 0 aromatic rings. The van der Waals surface area contributed by atoms with Crippen molar-refractivity contribution in [3.05, 3.63) is 0 Å². The first-order valence-electron chi connectivity index (χ1n) is 6.57. The molecule has 2 aliphatic rings. The van der Waals surface area contributed by atoms with Crippen LogP contribution in [-0.2, 0) is 19.6 Å². The summed E-state index contributed by atoms with van der Waals surface area (Å²) >= 11 is 0. The van der Waals surface area contributed by atoms with E-state index in [1.165, 1.54) is 12.8 Å². The Labute approximate surface area is 108 Å². The summed E-state index contributed by atoms with van der Waals surface area (Å²) in [6, 6.07) is 0. The molecule has 0 aromatic heterocycles. The maximum absolute atomic E-state index is 11.8. The lowest BCUT2D eigenvalue weighted by Crippen LogP contribution is -2.23. The molecule has 2 bridgehead atoms. The molecule has 104 valence electrons. The van der Waals surface area contributed by atoms with Crippen LogP contribution in [-0.4, -0.2) is 31.3 Å². The van der Waals surface area contributed by atoms with E-state index in [1.807, 2.05) is 0 Å². The second kappa shape index (κ2) is 5.57. The summed E-state index contributed by atoms with van der Waals surface area (Å²) in [5.41, 5.74) is 0. The lowest BCUT2D eigenvalue weighted by molar-refractivity contribution is -0.150. The fourth-order valence-corrected chi connectivity index (χ4v) is 3.77. The van der Waals surface area contributed by atoms with Gasteiger partial charge in [0.2, 0.25) is 0 Å². The molecular formula is C12H20O5S. The standard InChI is InChI=1S/C12H20O5S/c13-12(11-8-9-3-4-10(11)7-9)17-5-1-2-6-18(14,15)16/h9-11H,1-8H2,(H,14,15,16). The van der Waals surface area contributed by atoms with Gasteiger partial charge in [-0.2, -0.15) is 8.42 Å². The van der Waals surface area contributed by atoms with Crippen molar-refractivity contribution >= 4 is 16.1 Å². The van der Waals surface area contributed by atoms with Crippen LogP contribution in [0.3, 0.4) is 0 Å². The highest BCUT2D eigenvalue weighted by Gasteiger charge is 2.43. The molecule has 2 rings (SSSR count). The lowest BCUT2D eigenvalue weighted by atomic mass is 9.89. The Balaban J connectivity index is 1.61. The first-order chi connectivity index (χ1) is 8.46. The molecule has 6 heteroatoms. The van der Waals surface area contributed by atoms with E-state index >= 15 is 0 Å². The van der Waals surface area contributed by atoms with Gasteiger partial charge in [-0.25, -0.2) is 0 Å². The van der Waals surface area contributed by atoms with Crippen LogP contribution in [0, 0.1) is 17.8 Å². The average Bonchev–Trinajstić information content (AvgIpc) is 2.88. The lowest BCUT2D eigenvalue weighted by Gasteiger charge is -2.19. The summed E-state index contributed by atoms with van der Waals surface area (Å²) in [6.45, 7) is 0.252. The minimum atomic E-state index is -3.89. The van der Waals surface area contributed by atoms with Gasteiger partial charge in [-0.15, -0.1) is 0 Å². The zero-order valence-electron chi connectivity index (χ0n) is 10.4. The van der Waals surface area contributed by atoms with Crippen LogP contribution < -0.4 is 0 Å². The highest BCUT2D eigenvalue weighted by atomic mass is 32.2. The highest BCUT2D eigenvalue weighted by molar-refractivity contribution is 7.85. The normalized spacial score (nSPS) is 30.6. The van der Waals surface area contributed by atoms with Gasteiger partial charge in [0.05, 0.1) is 18.3 Å². The maximum atomic E-state index is 11.8. The van der Waals surface area contributed by atoms with Crippen LogP contribution in [0.1, 0.15) is 38.5 Å². The SMILES string of the molecule is O=C(OCCCCS(=O)(=O)O)C1CC2CCC1C2. The van der Waals surface area contributed by atoms with E-state index in [4.69, 9.17) is 9.29 Å². The number of rotatable bonds is 6. The molecule has 0 saturated heterocycles. The van der Waals surface area contributed by atoms with E-state index in [0.717, 1.165) is 12.8 Å². The Morgan fingerprint density at radius 2 is 2.00 bits per heavy atom. The molecule has 2 aliphatic carbocycles. The number of unbranched alkanes of at least 4 members (excludes halogenated alkanes) is 1.